The van der Waals surface area contributed by atoms with Crippen molar-refractivity contribution in [2.24, 2.45) is 11.8 Å². The van der Waals surface area contributed by atoms with E-state index < -0.39 is 27.6 Å². The fourth-order valence-electron chi connectivity index (χ4n) is 2.02. The smallest absolute Gasteiger partial charge is 0.307 e. The van der Waals surface area contributed by atoms with Crippen LogP contribution < -0.4 is 0 Å². The summed E-state index contributed by atoms with van der Waals surface area (Å²) < 4.78 is 22.8. The molecule has 1 amide bonds. The van der Waals surface area contributed by atoms with Crippen LogP contribution in [0.15, 0.2) is 0 Å². The average molecular weight is 277 g/mol. The van der Waals surface area contributed by atoms with E-state index in [0.29, 0.717) is 0 Å². The Balaban J connectivity index is 2.77. The van der Waals surface area contributed by atoms with Gasteiger partial charge in [-0.2, -0.15) is 0 Å². The highest BCUT2D eigenvalue weighted by molar-refractivity contribution is 7.91. The Morgan fingerprint density at radius 2 is 1.83 bits per heavy atom. The predicted octanol–water partition coefficient (Wildman–Crippen LogP) is -0.0113. The Labute approximate surface area is 107 Å². The lowest BCUT2D eigenvalue weighted by Crippen LogP contribution is -2.52. The van der Waals surface area contributed by atoms with E-state index in [1.165, 1.54) is 11.8 Å². The van der Waals surface area contributed by atoms with Crippen LogP contribution in [0.25, 0.3) is 0 Å². The summed E-state index contributed by atoms with van der Waals surface area (Å²) in [5.41, 5.74) is 0. The summed E-state index contributed by atoms with van der Waals surface area (Å²) in [5.74, 6) is -2.82. The molecule has 1 heterocycles. The van der Waals surface area contributed by atoms with Gasteiger partial charge in [-0.3, -0.25) is 9.59 Å². The summed E-state index contributed by atoms with van der Waals surface area (Å²) in [4.78, 5) is 24.5. The summed E-state index contributed by atoms with van der Waals surface area (Å²) in [6.45, 7) is 4.87. The SMILES string of the molecule is CC(C(=O)O)C(C)C(=O)N1CCS(=O)(=O)CC1C. The van der Waals surface area contributed by atoms with Crippen molar-refractivity contribution in [1.82, 2.24) is 4.90 Å². The third-order valence-corrected chi connectivity index (χ3v) is 5.28. The van der Waals surface area contributed by atoms with Crippen molar-refractivity contribution in [2.45, 2.75) is 26.8 Å². The molecule has 6 nitrogen and oxygen atoms in total. The molecule has 1 aliphatic heterocycles. The molecule has 18 heavy (non-hydrogen) atoms. The zero-order valence-corrected chi connectivity index (χ0v) is 11.6. The van der Waals surface area contributed by atoms with Gasteiger partial charge in [0.15, 0.2) is 9.84 Å². The second kappa shape index (κ2) is 5.26. The highest BCUT2D eigenvalue weighted by atomic mass is 32.2. The molecule has 0 aromatic heterocycles. The zero-order valence-electron chi connectivity index (χ0n) is 10.8. The summed E-state index contributed by atoms with van der Waals surface area (Å²) in [6, 6.07) is -0.389. The number of hydrogen-bond acceptors (Lipinski definition) is 4. The molecule has 1 saturated heterocycles. The first-order chi connectivity index (χ1) is 8.15. The Morgan fingerprint density at radius 3 is 2.28 bits per heavy atom. The van der Waals surface area contributed by atoms with Gasteiger partial charge in [-0.1, -0.05) is 13.8 Å². The van der Waals surface area contributed by atoms with Crippen molar-refractivity contribution in [1.29, 1.82) is 0 Å². The second-order valence-corrected chi connectivity index (χ2v) is 7.14. The molecule has 0 radical (unpaired) electrons. The van der Waals surface area contributed by atoms with Gasteiger partial charge in [0, 0.05) is 18.5 Å². The van der Waals surface area contributed by atoms with Gasteiger partial charge in [0.2, 0.25) is 5.91 Å². The van der Waals surface area contributed by atoms with Gasteiger partial charge < -0.3 is 10.0 Å². The lowest BCUT2D eigenvalue weighted by Gasteiger charge is -2.35. The molecule has 3 unspecified atom stereocenters. The van der Waals surface area contributed by atoms with Crippen LogP contribution in [0.5, 0.6) is 0 Å². The molecular weight excluding hydrogens is 258 g/mol. The van der Waals surface area contributed by atoms with Crippen molar-refractivity contribution in [3.63, 3.8) is 0 Å². The summed E-state index contributed by atoms with van der Waals surface area (Å²) >= 11 is 0. The number of carbonyl (C=O) groups is 2. The van der Waals surface area contributed by atoms with E-state index in [4.69, 9.17) is 5.11 Å². The monoisotopic (exact) mass is 277 g/mol. The number of carboxylic acid groups (broad SMARTS) is 1. The average Bonchev–Trinajstić information content (AvgIpc) is 2.24. The molecule has 1 N–H and O–H groups in total. The standard InChI is InChI=1S/C11H19NO5S/c1-7-6-18(16,17)5-4-12(7)10(13)8(2)9(3)11(14)15/h7-9H,4-6H2,1-3H3,(H,14,15). The van der Waals surface area contributed by atoms with Gasteiger partial charge in [-0.25, -0.2) is 8.42 Å². The minimum Gasteiger partial charge on any atom is -0.481 e. The van der Waals surface area contributed by atoms with Crippen molar-refractivity contribution in [3.05, 3.63) is 0 Å². The molecule has 0 spiro atoms. The van der Waals surface area contributed by atoms with E-state index in [2.05, 4.69) is 0 Å². The van der Waals surface area contributed by atoms with E-state index in [0.717, 1.165) is 0 Å². The molecular formula is C11H19NO5S. The number of nitrogens with zero attached hydrogens (tertiary/aromatic N) is 1. The second-order valence-electron chi connectivity index (χ2n) is 4.91. The number of rotatable bonds is 3. The Bertz CT molecular complexity index is 444. The Hall–Kier alpha value is -1.11. The number of carbonyl (C=O) groups excluding carboxylic acids is 1. The third-order valence-electron chi connectivity index (χ3n) is 3.48. The summed E-state index contributed by atoms with van der Waals surface area (Å²) in [6.07, 6.45) is 0. The van der Waals surface area contributed by atoms with E-state index in [-0.39, 0.29) is 30.0 Å². The number of amides is 1. The van der Waals surface area contributed by atoms with Crippen molar-refractivity contribution in [2.75, 3.05) is 18.1 Å². The number of carboxylic acids is 1. The molecule has 1 aliphatic rings. The van der Waals surface area contributed by atoms with Crippen LogP contribution in [0.4, 0.5) is 0 Å². The normalized spacial score (nSPS) is 26.4. The fraction of sp³-hybridized carbons (Fsp3) is 0.818. The van der Waals surface area contributed by atoms with Crippen molar-refractivity contribution in [3.8, 4) is 0 Å². The number of hydrogen-bond donors (Lipinski definition) is 1. The lowest BCUT2D eigenvalue weighted by atomic mass is 9.94. The maximum Gasteiger partial charge on any atom is 0.307 e. The Morgan fingerprint density at radius 1 is 1.28 bits per heavy atom. The van der Waals surface area contributed by atoms with E-state index in [9.17, 15) is 18.0 Å². The van der Waals surface area contributed by atoms with E-state index in [1.54, 1.807) is 13.8 Å². The molecule has 3 atom stereocenters. The minimum atomic E-state index is -3.07. The largest absolute Gasteiger partial charge is 0.481 e. The van der Waals surface area contributed by atoms with Gasteiger partial charge in [0.1, 0.15) is 0 Å². The van der Waals surface area contributed by atoms with E-state index >= 15 is 0 Å². The van der Waals surface area contributed by atoms with Gasteiger partial charge >= 0.3 is 5.97 Å². The maximum atomic E-state index is 12.1. The first-order valence-corrected chi connectivity index (χ1v) is 7.71. The van der Waals surface area contributed by atoms with Gasteiger partial charge in [0.25, 0.3) is 0 Å². The number of sulfone groups is 1. The predicted molar refractivity (Wildman–Crippen MR) is 65.8 cm³/mol. The molecule has 0 aromatic rings. The van der Waals surface area contributed by atoms with Crippen LogP contribution >= 0.6 is 0 Å². The highest BCUT2D eigenvalue weighted by Crippen LogP contribution is 2.19. The lowest BCUT2D eigenvalue weighted by molar-refractivity contribution is -0.149. The quantitative estimate of drug-likeness (QED) is 0.783. The zero-order chi connectivity index (χ0) is 14.1. The molecule has 0 saturated carbocycles. The third kappa shape index (κ3) is 3.22. The van der Waals surface area contributed by atoms with Gasteiger partial charge in [-0.05, 0) is 6.92 Å². The summed E-state index contributed by atoms with van der Waals surface area (Å²) in [5, 5.41) is 8.88. The van der Waals surface area contributed by atoms with E-state index in [1.807, 2.05) is 0 Å². The van der Waals surface area contributed by atoms with Crippen LogP contribution in [0, 0.1) is 11.8 Å². The van der Waals surface area contributed by atoms with Crippen LogP contribution in [0.2, 0.25) is 0 Å². The van der Waals surface area contributed by atoms with Crippen molar-refractivity contribution >= 4 is 21.7 Å². The van der Waals surface area contributed by atoms with Crippen molar-refractivity contribution < 1.29 is 23.1 Å². The van der Waals surface area contributed by atoms with Gasteiger partial charge in [-0.15, -0.1) is 0 Å². The fourth-order valence-corrected chi connectivity index (χ4v) is 3.57. The molecule has 0 aliphatic carbocycles. The molecule has 7 heteroatoms. The topological polar surface area (TPSA) is 91.8 Å². The number of aliphatic carboxylic acids is 1. The van der Waals surface area contributed by atoms with Crippen LogP contribution in [-0.2, 0) is 19.4 Å². The molecule has 0 aromatic carbocycles. The van der Waals surface area contributed by atoms with Crippen LogP contribution in [0.3, 0.4) is 0 Å². The first kappa shape index (κ1) is 14.9. The molecule has 104 valence electrons. The highest BCUT2D eigenvalue weighted by Gasteiger charge is 2.36. The summed E-state index contributed by atoms with van der Waals surface area (Å²) in [7, 11) is -3.07. The molecule has 1 fully saturated rings. The molecule has 1 rings (SSSR count). The van der Waals surface area contributed by atoms with Crippen LogP contribution in [-0.4, -0.2) is 54.4 Å². The minimum absolute atomic E-state index is 0.0444. The van der Waals surface area contributed by atoms with Gasteiger partial charge in [0.05, 0.1) is 17.4 Å². The Kier molecular flexibility index (Phi) is 4.37. The first-order valence-electron chi connectivity index (χ1n) is 5.89. The maximum absolute atomic E-state index is 12.1. The van der Waals surface area contributed by atoms with Crippen LogP contribution in [0.1, 0.15) is 20.8 Å². The molecule has 0 bridgehead atoms.